The van der Waals surface area contributed by atoms with Crippen molar-refractivity contribution in [3.63, 3.8) is 0 Å². The normalized spacial score (nSPS) is 19.7. The molecule has 2 rings (SSSR count). The van der Waals surface area contributed by atoms with Gasteiger partial charge < -0.3 is 15.4 Å². The molecule has 0 radical (unpaired) electrons. The van der Waals surface area contributed by atoms with Crippen molar-refractivity contribution in [1.29, 1.82) is 0 Å². The number of rotatable bonds is 8. The number of methoxy groups -OCH3 is 1. The van der Waals surface area contributed by atoms with Gasteiger partial charge in [-0.2, -0.15) is 0 Å². The first-order chi connectivity index (χ1) is 11.5. The number of carbonyl (C=O) groups is 2. The highest BCUT2D eigenvalue weighted by Gasteiger charge is 2.38. The van der Waals surface area contributed by atoms with E-state index in [0.717, 1.165) is 0 Å². The summed E-state index contributed by atoms with van der Waals surface area (Å²) in [4.78, 5) is 23.5. The number of halogens is 1. The molecule has 2 N–H and O–H groups in total. The Morgan fingerprint density at radius 3 is 2.92 bits per heavy atom. The van der Waals surface area contributed by atoms with E-state index >= 15 is 0 Å². The molecular weight excluding hydrogens is 311 g/mol. The fraction of sp³-hybridized carbons (Fsp3) is 0.444. The lowest BCUT2D eigenvalue weighted by Gasteiger charge is -2.29. The molecule has 0 aliphatic carbocycles. The Morgan fingerprint density at radius 2 is 2.33 bits per heavy atom. The third-order valence-corrected chi connectivity index (χ3v) is 4.30. The molecule has 1 aliphatic rings. The van der Waals surface area contributed by atoms with Crippen LogP contribution in [0.1, 0.15) is 31.2 Å². The van der Waals surface area contributed by atoms with Gasteiger partial charge in [0.25, 0.3) is 0 Å². The highest BCUT2D eigenvalue weighted by Crippen LogP contribution is 2.31. The van der Waals surface area contributed by atoms with Crippen LogP contribution in [0.15, 0.2) is 30.9 Å². The lowest BCUT2D eigenvalue weighted by atomic mass is 9.84. The Labute approximate surface area is 141 Å². The average molecular weight is 334 g/mol. The molecule has 1 aromatic carbocycles. The highest BCUT2D eigenvalue weighted by atomic mass is 19.1. The number of amides is 2. The quantitative estimate of drug-likeness (QED) is 0.716. The van der Waals surface area contributed by atoms with Crippen LogP contribution in [0, 0.1) is 5.82 Å². The van der Waals surface area contributed by atoms with Crippen LogP contribution >= 0.6 is 0 Å². The van der Waals surface area contributed by atoms with Gasteiger partial charge in [-0.15, -0.1) is 6.58 Å². The first-order valence-corrected chi connectivity index (χ1v) is 7.99. The molecule has 0 bridgehead atoms. The van der Waals surface area contributed by atoms with E-state index in [1.54, 1.807) is 18.2 Å². The van der Waals surface area contributed by atoms with Gasteiger partial charge in [0.15, 0.2) is 0 Å². The average Bonchev–Trinajstić information content (AvgIpc) is 2.94. The van der Waals surface area contributed by atoms with Crippen LogP contribution in [0.5, 0.6) is 5.75 Å². The van der Waals surface area contributed by atoms with Crippen molar-refractivity contribution in [3.8, 4) is 5.75 Å². The molecule has 0 spiro atoms. The minimum atomic E-state index is -0.585. The second-order valence-electron chi connectivity index (χ2n) is 6.06. The van der Waals surface area contributed by atoms with Crippen LogP contribution < -0.4 is 15.4 Å². The van der Waals surface area contributed by atoms with Gasteiger partial charge in [0.1, 0.15) is 11.6 Å². The van der Waals surface area contributed by atoms with Crippen LogP contribution in [-0.4, -0.2) is 31.0 Å². The maximum Gasteiger partial charge on any atom is 0.220 e. The van der Waals surface area contributed by atoms with Gasteiger partial charge in [-0.3, -0.25) is 9.59 Å². The third-order valence-electron chi connectivity index (χ3n) is 4.30. The van der Waals surface area contributed by atoms with E-state index in [1.807, 2.05) is 0 Å². The lowest BCUT2D eigenvalue weighted by Crippen LogP contribution is -2.44. The van der Waals surface area contributed by atoms with E-state index in [1.165, 1.54) is 13.2 Å². The first-order valence-electron chi connectivity index (χ1n) is 7.99. The molecule has 1 saturated heterocycles. The molecule has 24 heavy (non-hydrogen) atoms. The van der Waals surface area contributed by atoms with E-state index in [0.29, 0.717) is 43.5 Å². The van der Waals surface area contributed by atoms with Crippen molar-refractivity contribution >= 4 is 11.8 Å². The summed E-state index contributed by atoms with van der Waals surface area (Å²) in [7, 11) is 1.48. The summed E-state index contributed by atoms with van der Waals surface area (Å²) in [6.07, 6.45) is 3.68. The molecule has 6 heteroatoms. The molecule has 1 atom stereocenters. The maximum atomic E-state index is 14.2. The van der Waals surface area contributed by atoms with Crippen LogP contribution in [-0.2, 0) is 16.0 Å². The molecule has 5 nitrogen and oxygen atoms in total. The van der Waals surface area contributed by atoms with Gasteiger partial charge in [-0.25, -0.2) is 4.39 Å². The monoisotopic (exact) mass is 334 g/mol. The molecule has 0 aromatic heterocycles. The van der Waals surface area contributed by atoms with Crippen molar-refractivity contribution in [1.82, 2.24) is 10.6 Å². The highest BCUT2D eigenvalue weighted by molar-refractivity contribution is 5.80. The minimum absolute atomic E-state index is 0.0598. The third kappa shape index (κ3) is 4.57. The van der Waals surface area contributed by atoms with Crippen LogP contribution in [0.3, 0.4) is 0 Å². The Morgan fingerprint density at radius 1 is 1.54 bits per heavy atom. The number of ether oxygens (including phenoxy) is 1. The molecule has 1 fully saturated rings. The van der Waals surface area contributed by atoms with E-state index in [9.17, 15) is 14.0 Å². The molecule has 1 aliphatic heterocycles. The van der Waals surface area contributed by atoms with Crippen molar-refractivity contribution in [2.45, 2.75) is 37.6 Å². The summed E-state index contributed by atoms with van der Waals surface area (Å²) in [5, 5.41) is 5.66. The van der Waals surface area contributed by atoms with Crippen molar-refractivity contribution in [2.75, 3.05) is 13.7 Å². The Bertz CT molecular complexity index is 633. The number of nitrogens with one attached hydrogen (secondary N) is 2. The van der Waals surface area contributed by atoms with E-state index in [-0.39, 0.29) is 24.1 Å². The Balaban J connectivity index is 2.09. The molecular formula is C18H23FN2O3. The summed E-state index contributed by atoms with van der Waals surface area (Å²) >= 11 is 0. The predicted molar refractivity (Wildman–Crippen MR) is 89.2 cm³/mol. The number of carbonyl (C=O) groups excluding carboxylic acids is 2. The summed E-state index contributed by atoms with van der Waals surface area (Å²) in [6, 6.07) is 4.69. The fourth-order valence-corrected chi connectivity index (χ4v) is 2.97. The van der Waals surface area contributed by atoms with Gasteiger partial charge in [-0.1, -0.05) is 12.1 Å². The van der Waals surface area contributed by atoms with Crippen LogP contribution in [0.25, 0.3) is 0 Å². The molecule has 0 saturated carbocycles. The maximum absolute atomic E-state index is 14.2. The zero-order valence-electron chi connectivity index (χ0n) is 13.9. The van der Waals surface area contributed by atoms with Crippen LogP contribution in [0.4, 0.5) is 4.39 Å². The zero-order valence-corrected chi connectivity index (χ0v) is 13.9. The number of hydrogen-bond donors (Lipinski definition) is 2. The smallest absolute Gasteiger partial charge is 0.220 e. The minimum Gasteiger partial charge on any atom is -0.497 e. The second kappa shape index (κ2) is 7.95. The summed E-state index contributed by atoms with van der Waals surface area (Å²) < 4.78 is 19.2. The van der Waals surface area contributed by atoms with Gasteiger partial charge in [0.2, 0.25) is 11.8 Å². The Kier molecular flexibility index (Phi) is 5.95. The van der Waals surface area contributed by atoms with Gasteiger partial charge in [0, 0.05) is 31.0 Å². The van der Waals surface area contributed by atoms with Crippen LogP contribution in [0.2, 0.25) is 0 Å². The zero-order chi connectivity index (χ0) is 17.6. The van der Waals surface area contributed by atoms with E-state index in [2.05, 4.69) is 17.2 Å². The molecule has 1 heterocycles. The van der Waals surface area contributed by atoms with Crippen molar-refractivity contribution in [3.05, 3.63) is 42.2 Å². The van der Waals surface area contributed by atoms with Crippen molar-refractivity contribution in [2.24, 2.45) is 0 Å². The SMILES string of the molecule is C=CCNC(=O)CC[C@]1(Cc2ccc(OC)cc2F)CCC(=O)N1. The topological polar surface area (TPSA) is 67.4 Å². The largest absolute Gasteiger partial charge is 0.497 e. The first kappa shape index (κ1) is 18.0. The van der Waals surface area contributed by atoms with E-state index in [4.69, 9.17) is 4.74 Å². The summed E-state index contributed by atoms with van der Waals surface area (Å²) in [5.74, 6) is -0.0865. The van der Waals surface area contributed by atoms with Gasteiger partial charge in [-0.05, 0) is 30.9 Å². The second-order valence-corrected chi connectivity index (χ2v) is 6.06. The number of hydrogen-bond acceptors (Lipinski definition) is 3. The molecule has 0 unspecified atom stereocenters. The Hall–Kier alpha value is -2.37. The predicted octanol–water partition coefficient (Wildman–Crippen LogP) is 2.11. The fourth-order valence-electron chi connectivity index (χ4n) is 2.97. The summed E-state index contributed by atoms with van der Waals surface area (Å²) in [5.41, 5.74) is -0.0811. The standard InChI is InChI=1S/C18H23FN2O3/c1-3-10-20-16(22)6-8-18(9-7-17(23)21-18)12-13-4-5-14(24-2)11-15(13)19/h3-5,11H,1,6-10,12H2,2H3,(H,20,22)(H,21,23)/t18-/m1/s1. The number of benzene rings is 1. The summed E-state index contributed by atoms with van der Waals surface area (Å²) in [6.45, 7) is 3.96. The van der Waals surface area contributed by atoms with Gasteiger partial charge >= 0.3 is 0 Å². The molecule has 1 aromatic rings. The van der Waals surface area contributed by atoms with Crippen molar-refractivity contribution < 1.29 is 18.7 Å². The van der Waals surface area contributed by atoms with Gasteiger partial charge in [0.05, 0.1) is 7.11 Å². The van der Waals surface area contributed by atoms with E-state index < -0.39 is 5.54 Å². The molecule has 130 valence electrons. The lowest BCUT2D eigenvalue weighted by molar-refractivity contribution is -0.122. The molecule has 2 amide bonds.